The van der Waals surface area contributed by atoms with E-state index in [2.05, 4.69) is 4.98 Å². The van der Waals surface area contributed by atoms with Crippen molar-refractivity contribution in [2.24, 2.45) is 12.8 Å². The molecule has 2 N–H and O–H groups in total. The van der Waals surface area contributed by atoms with Gasteiger partial charge in [0.15, 0.2) is 11.5 Å². The molecule has 0 spiro atoms. The molecule has 0 aliphatic rings. The number of rotatable bonds is 4. The third kappa shape index (κ3) is 2.42. The highest BCUT2D eigenvalue weighted by molar-refractivity contribution is 5.62. The van der Waals surface area contributed by atoms with Crippen molar-refractivity contribution >= 4 is 0 Å². The van der Waals surface area contributed by atoms with Gasteiger partial charge in [-0.05, 0) is 25.1 Å². The van der Waals surface area contributed by atoms with E-state index in [9.17, 15) is 0 Å². The fourth-order valence-electron chi connectivity index (χ4n) is 2.09. The van der Waals surface area contributed by atoms with E-state index in [1.165, 1.54) is 0 Å². The van der Waals surface area contributed by atoms with Crippen molar-refractivity contribution < 1.29 is 9.47 Å². The van der Waals surface area contributed by atoms with Crippen molar-refractivity contribution in [1.82, 2.24) is 9.55 Å². The van der Waals surface area contributed by atoms with Crippen LogP contribution >= 0.6 is 0 Å². The van der Waals surface area contributed by atoms with Crippen molar-refractivity contribution in [1.29, 1.82) is 0 Å². The number of hydrogen-bond donors (Lipinski definition) is 1. The summed E-state index contributed by atoms with van der Waals surface area (Å²) in [5.74, 6) is 2.24. The summed E-state index contributed by atoms with van der Waals surface area (Å²) in [4.78, 5) is 4.42. The summed E-state index contributed by atoms with van der Waals surface area (Å²) in [5.41, 5.74) is 7.86. The highest BCUT2D eigenvalue weighted by atomic mass is 16.5. The van der Waals surface area contributed by atoms with Crippen LogP contribution in [-0.4, -0.2) is 23.8 Å². The second-order valence-electron chi connectivity index (χ2n) is 4.42. The molecule has 1 unspecified atom stereocenters. The van der Waals surface area contributed by atoms with Crippen LogP contribution in [0.25, 0.3) is 11.4 Å². The Bertz CT molecular complexity index is 576. The molecule has 0 radical (unpaired) electrons. The molecule has 2 aromatic rings. The van der Waals surface area contributed by atoms with Crippen molar-refractivity contribution in [3.05, 3.63) is 30.1 Å². The van der Waals surface area contributed by atoms with Gasteiger partial charge in [-0.25, -0.2) is 4.98 Å². The standard InChI is InChI=1S/C14H19N3O2/c1-9(15)11-8-16-14(17(11)2)10-5-6-12(18-3)13(7-10)19-4/h5-9H,15H2,1-4H3. The van der Waals surface area contributed by atoms with Crippen LogP contribution in [0.3, 0.4) is 0 Å². The SMILES string of the molecule is COc1ccc(-c2ncc(C(C)N)n2C)cc1OC. The average Bonchev–Trinajstić information content (AvgIpc) is 2.80. The number of benzene rings is 1. The van der Waals surface area contributed by atoms with Gasteiger partial charge in [-0.1, -0.05) is 0 Å². The maximum Gasteiger partial charge on any atom is 0.161 e. The zero-order valence-corrected chi connectivity index (χ0v) is 11.7. The summed E-state index contributed by atoms with van der Waals surface area (Å²) in [6, 6.07) is 5.68. The number of nitrogens with two attached hydrogens (primary N) is 1. The Morgan fingerprint density at radius 2 is 1.89 bits per heavy atom. The van der Waals surface area contributed by atoms with Crippen LogP contribution in [0.5, 0.6) is 11.5 Å². The Kier molecular flexibility index (Phi) is 3.76. The van der Waals surface area contributed by atoms with E-state index in [0.29, 0.717) is 11.5 Å². The van der Waals surface area contributed by atoms with Gasteiger partial charge < -0.3 is 19.8 Å². The van der Waals surface area contributed by atoms with Crippen LogP contribution in [0.2, 0.25) is 0 Å². The minimum Gasteiger partial charge on any atom is -0.493 e. The van der Waals surface area contributed by atoms with E-state index in [1.807, 2.05) is 36.7 Å². The van der Waals surface area contributed by atoms with E-state index in [-0.39, 0.29) is 6.04 Å². The topological polar surface area (TPSA) is 62.3 Å². The third-order valence-corrected chi connectivity index (χ3v) is 3.13. The molecular formula is C14H19N3O2. The van der Waals surface area contributed by atoms with E-state index in [1.54, 1.807) is 20.4 Å². The second kappa shape index (κ2) is 5.32. The number of ether oxygens (including phenoxy) is 2. The molecule has 5 heteroatoms. The van der Waals surface area contributed by atoms with Crippen molar-refractivity contribution in [3.8, 4) is 22.9 Å². The van der Waals surface area contributed by atoms with Crippen LogP contribution in [0, 0.1) is 0 Å². The summed E-state index contributed by atoms with van der Waals surface area (Å²) < 4.78 is 12.5. The highest BCUT2D eigenvalue weighted by Gasteiger charge is 2.13. The Morgan fingerprint density at radius 3 is 2.42 bits per heavy atom. The van der Waals surface area contributed by atoms with Crippen LogP contribution in [0.4, 0.5) is 0 Å². The molecular weight excluding hydrogens is 242 g/mol. The summed E-state index contributed by atoms with van der Waals surface area (Å²) in [5, 5.41) is 0. The Morgan fingerprint density at radius 1 is 1.21 bits per heavy atom. The van der Waals surface area contributed by atoms with Crippen LogP contribution in [-0.2, 0) is 7.05 Å². The maximum atomic E-state index is 5.90. The third-order valence-electron chi connectivity index (χ3n) is 3.13. The lowest BCUT2D eigenvalue weighted by Crippen LogP contribution is -2.10. The molecule has 0 saturated heterocycles. The predicted octanol–water partition coefficient (Wildman–Crippen LogP) is 2.12. The zero-order chi connectivity index (χ0) is 14.0. The van der Waals surface area contributed by atoms with Gasteiger partial charge in [-0.3, -0.25) is 0 Å². The lowest BCUT2D eigenvalue weighted by molar-refractivity contribution is 0.355. The molecule has 0 bridgehead atoms. The number of nitrogens with zero attached hydrogens (tertiary/aromatic N) is 2. The Labute approximate surface area is 113 Å². The van der Waals surface area contributed by atoms with Crippen molar-refractivity contribution in [2.75, 3.05) is 14.2 Å². The molecule has 0 amide bonds. The van der Waals surface area contributed by atoms with Crippen LogP contribution in [0.1, 0.15) is 18.7 Å². The molecule has 5 nitrogen and oxygen atoms in total. The first-order valence-corrected chi connectivity index (χ1v) is 6.08. The monoisotopic (exact) mass is 261 g/mol. The summed E-state index contributed by atoms with van der Waals surface area (Å²) >= 11 is 0. The van der Waals surface area contributed by atoms with Gasteiger partial charge in [0.1, 0.15) is 5.82 Å². The summed E-state index contributed by atoms with van der Waals surface area (Å²) in [6.45, 7) is 1.94. The minimum absolute atomic E-state index is 0.0496. The minimum atomic E-state index is -0.0496. The number of hydrogen-bond acceptors (Lipinski definition) is 4. The molecule has 1 aromatic heterocycles. The zero-order valence-electron chi connectivity index (χ0n) is 11.7. The largest absolute Gasteiger partial charge is 0.493 e. The van der Waals surface area contributed by atoms with Crippen molar-refractivity contribution in [3.63, 3.8) is 0 Å². The molecule has 0 aliphatic heterocycles. The highest BCUT2D eigenvalue weighted by Crippen LogP contribution is 2.32. The summed E-state index contributed by atoms with van der Waals surface area (Å²) in [7, 11) is 5.19. The Hall–Kier alpha value is -2.01. The van der Waals surface area contributed by atoms with Crippen LogP contribution in [0.15, 0.2) is 24.4 Å². The molecule has 0 aliphatic carbocycles. The van der Waals surface area contributed by atoms with Gasteiger partial charge in [-0.15, -0.1) is 0 Å². The van der Waals surface area contributed by atoms with Gasteiger partial charge >= 0.3 is 0 Å². The predicted molar refractivity (Wildman–Crippen MR) is 74.4 cm³/mol. The molecule has 1 heterocycles. The number of imidazole rings is 1. The lowest BCUT2D eigenvalue weighted by atomic mass is 10.2. The van der Waals surface area contributed by atoms with Gasteiger partial charge in [0.05, 0.1) is 26.1 Å². The quantitative estimate of drug-likeness (QED) is 0.915. The van der Waals surface area contributed by atoms with Gasteiger partial charge in [0, 0.05) is 18.7 Å². The normalized spacial score (nSPS) is 12.3. The van der Waals surface area contributed by atoms with Crippen LogP contribution < -0.4 is 15.2 Å². The van der Waals surface area contributed by atoms with E-state index in [4.69, 9.17) is 15.2 Å². The lowest BCUT2D eigenvalue weighted by Gasteiger charge is -2.11. The summed E-state index contributed by atoms with van der Waals surface area (Å²) in [6.07, 6.45) is 1.80. The Balaban J connectivity index is 2.47. The average molecular weight is 261 g/mol. The molecule has 1 aromatic carbocycles. The maximum absolute atomic E-state index is 5.90. The second-order valence-corrected chi connectivity index (χ2v) is 4.42. The first-order chi connectivity index (χ1) is 9.08. The van der Waals surface area contributed by atoms with E-state index >= 15 is 0 Å². The smallest absolute Gasteiger partial charge is 0.161 e. The molecule has 19 heavy (non-hydrogen) atoms. The van der Waals surface area contributed by atoms with E-state index < -0.39 is 0 Å². The van der Waals surface area contributed by atoms with Gasteiger partial charge in [-0.2, -0.15) is 0 Å². The molecule has 102 valence electrons. The fourth-order valence-corrected chi connectivity index (χ4v) is 2.09. The fraction of sp³-hybridized carbons (Fsp3) is 0.357. The van der Waals surface area contributed by atoms with Gasteiger partial charge in [0.2, 0.25) is 0 Å². The number of aromatic nitrogens is 2. The first-order valence-electron chi connectivity index (χ1n) is 6.08. The number of methoxy groups -OCH3 is 2. The first kappa shape index (κ1) is 13.4. The molecule has 1 atom stereocenters. The molecule has 2 rings (SSSR count). The molecule has 0 saturated carbocycles. The van der Waals surface area contributed by atoms with Crippen molar-refractivity contribution in [2.45, 2.75) is 13.0 Å². The molecule has 0 fully saturated rings. The van der Waals surface area contributed by atoms with E-state index in [0.717, 1.165) is 17.1 Å². The van der Waals surface area contributed by atoms with Gasteiger partial charge in [0.25, 0.3) is 0 Å².